The number of pyridine rings is 1. The Morgan fingerprint density at radius 2 is 2.22 bits per heavy atom. The first kappa shape index (κ1) is 16.2. The van der Waals surface area contributed by atoms with Gasteiger partial charge in [-0.15, -0.1) is 0 Å². The van der Waals surface area contributed by atoms with Crippen molar-refractivity contribution in [3.8, 4) is 0 Å². The van der Waals surface area contributed by atoms with Gasteiger partial charge in [0.2, 0.25) is 5.91 Å². The number of anilines is 1. The number of nitrogens with zero attached hydrogens (tertiary/aromatic N) is 3. The largest absolute Gasteiger partial charge is 0.379 e. The van der Waals surface area contributed by atoms with Crippen molar-refractivity contribution >= 4 is 11.7 Å². The molecule has 0 aromatic carbocycles. The van der Waals surface area contributed by atoms with Crippen LogP contribution in [-0.4, -0.2) is 73.7 Å². The molecule has 1 N–H and O–H groups in total. The maximum atomic E-state index is 12.6. The number of nitrogens with one attached hydrogen (secondary N) is 1. The molecule has 3 heterocycles. The summed E-state index contributed by atoms with van der Waals surface area (Å²) in [5, 5.41) is 3.08. The van der Waals surface area contributed by atoms with Crippen LogP contribution in [-0.2, 0) is 9.53 Å². The molecule has 0 saturated carbocycles. The zero-order valence-electron chi connectivity index (χ0n) is 13.8. The van der Waals surface area contributed by atoms with Crippen molar-refractivity contribution in [1.82, 2.24) is 14.8 Å². The summed E-state index contributed by atoms with van der Waals surface area (Å²) in [7, 11) is 1.88. The van der Waals surface area contributed by atoms with Gasteiger partial charge in [-0.2, -0.15) is 0 Å². The molecule has 0 bridgehead atoms. The summed E-state index contributed by atoms with van der Waals surface area (Å²) in [5.74, 6) is 1.55. The second-order valence-corrected chi connectivity index (χ2v) is 6.29. The van der Waals surface area contributed by atoms with Crippen LogP contribution < -0.4 is 5.32 Å². The molecule has 1 aromatic rings. The fourth-order valence-corrected chi connectivity index (χ4v) is 3.36. The molecule has 1 aromatic heterocycles. The summed E-state index contributed by atoms with van der Waals surface area (Å²) < 4.78 is 5.35. The van der Waals surface area contributed by atoms with Crippen molar-refractivity contribution < 1.29 is 9.53 Å². The number of hydrogen-bond acceptors (Lipinski definition) is 5. The summed E-state index contributed by atoms with van der Waals surface area (Å²) in [6.45, 7) is 5.41. The normalized spacial score (nSPS) is 22.8. The predicted molar refractivity (Wildman–Crippen MR) is 89.6 cm³/mol. The molecule has 0 unspecified atom stereocenters. The third-order valence-corrected chi connectivity index (χ3v) is 4.75. The van der Waals surface area contributed by atoms with E-state index in [-0.39, 0.29) is 5.91 Å². The van der Waals surface area contributed by atoms with Gasteiger partial charge < -0.3 is 15.0 Å². The number of aromatic nitrogens is 1. The summed E-state index contributed by atoms with van der Waals surface area (Å²) >= 11 is 0. The molecule has 126 valence electrons. The minimum atomic E-state index is 0.250. The summed E-state index contributed by atoms with van der Waals surface area (Å²) in [4.78, 5) is 21.1. The van der Waals surface area contributed by atoms with Crippen molar-refractivity contribution in [1.29, 1.82) is 0 Å². The van der Waals surface area contributed by atoms with Crippen molar-refractivity contribution in [2.45, 2.75) is 18.8 Å². The van der Waals surface area contributed by atoms with Gasteiger partial charge >= 0.3 is 0 Å². The number of amides is 1. The number of hydrogen-bond donors (Lipinski definition) is 1. The predicted octanol–water partition coefficient (Wildman–Crippen LogP) is 1.16. The topological polar surface area (TPSA) is 57.7 Å². The summed E-state index contributed by atoms with van der Waals surface area (Å²) in [6, 6.07) is 4.17. The van der Waals surface area contributed by atoms with Gasteiger partial charge in [-0.25, -0.2) is 4.98 Å². The molecule has 2 saturated heterocycles. The van der Waals surface area contributed by atoms with Gasteiger partial charge in [-0.1, -0.05) is 0 Å². The lowest BCUT2D eigenvalue weighted by Gasteiger charge is -2.35. The van der Waals surface area contributed by atoms with Gasteiger partial charge in [0.15, 0.2) is 0 Å². The molecule has 0 radical (unpaired) electrons. The smallest absolute Gasteiger partial charge is 0.236 e. The third kappa shape index (κ3) is 4.20. The number of likely N-dealkylation sites (tertiary alicyclic amines) is 1. The van der Waals surface area contributed by atoms with Crippen molar-refractivity contribution in [3.05, 3.63) is 23.9 Å². The SMILES string of the molecule is CNc1cc([C@@H]2CCCN(C(=O)CN3CCOCC3)C2)ccn1. The fraction of sp³-hybridized carbons (Fsp3) is 0.647. The molecule has 6 nitrogen and oxygen atoms in total. The Balaban J connectivity index is 1.59. The number of carbonyl (C=O) groups excluding carboxylic acids is 1. The van der Waals surface area contributed by atoms with Crippen LogP contribution in [0.25, 0.3) is 0 Å². The molecule has 3 rings (SSSR count). The number of rotatable bonds is 4. The number of carbonyl (C=O) groups is 1. The third-order valence-electron chi connectivity index (χ3n) is 4.75. The number of piperidine rings is 1. The quantitative estimate of drug-likeness (QED) is 0.903. The van der Waals surface area contributed by atoms with E-state index >= 15 is 0 Å². The van der Waals surface area contributed by atoms with Gasteiger partial charge in [-0.3, -0.25) is 9.69 Å². The van der Waals surface area contributed by atoms with Gasteiger partial charge in [0.05, 0.1) is 19.8 Å². The van der Waals surface area contributed by atoms with E-state index in [1.165, 1.54) is 5.56 Å². The van der Waals surface area contributed by atoms with E-state index in [1.54, 1.807) is 0 Å². The minimum absolute atomic E-state index is 0.250. The van der Waals surface area contributed by atoms with E-state index in [2.05, 4.69) is 27.3 Å². The number of ether oxygens (including phenoxy) is 1. The molecular weight excluding hydrogens is 292 g/mol. The Morgan fingerprint density at radius 3 is 3.00 bits per heavy atom. The van der Waals surface area contributed by atoms with Crippen LogP contribution in [0.3, 0.4) is 0 Å². The van der Waals surface area contributed by atoms with E-state index in [0.717, 1.165) is 58.1 Å². The summed E-state index contributed by atoms with van der Waals surface area (Å²) in [5.41, 5.74) is 1.27. The van der Waals surface area contributed by atoms with Crippen molar-refractivity contribution in [3.63, 3.8) is 0 Å². The van der Waals surface area contributed by atoms with E-state index in [9.17, 15) is 4.79 Å². The molecular formula is C17H26N4O2. The van der Waals surface area contributed by atoms with Crippen LogP contribution in [0.1, 0.15) is 24.3 Å². The first-order chi connectivity index (χ1) is 11.3. The highest BCUT2D eigenvalue weighted by Crippen LogP contribution is 2.27. The highest BCUT2D eigenvalue weighted by molar-refractivity contribution is 5.78. The standard InChI is InChI=1S/C17H26N4O2/c1-18-16-11-14(4-5-19-16)15-3-2-6-21(12-15)17(22)13-20-7-9-23-10-8-20/h4-5,11,15H,2-3,6-10,12-13H2,1H3,(H,18,19)/t15-/m1/s1. The van der Waals surface area contributed by atoms with E-state index < -0.39 is 0 Å². The minimum Gasteiger partial charge on any atom is -0.379 e. The number of morpholine rings is 1. The molecule has 23 heavy (non-hydrogen) atoms. The van der Waals surface area contributed by atoms with Crippen molar-refractivity contribution in [2.75, 3.05) is 58.3 Å². The van der Waals surface area contributed by atoms with Crippen LogP contribution in [0.2, 0.25) is 0 Å². The average molecular weight is 318 g/mol. The lowest BCUT2D eigenvalue weighted by molar-refractivity contribution is -0.134. The molecule has 2 aliphatic heterocycles. The van der Waals surface area contributed by atoms with Crippen LogP contribution in [0, 0.1) is 0 Å². The second kappa shape index (κ2) is 7.75. The average Bonchev–Trinajstić information content (AvgIpc) is 2.63. The molecule has 1 amide bonds. The lowest BCUT2D eigenvalue weighted by atomic mass is 9.91. The van der Waals surface area contributed by atoms with E-state index in [4.69, 9.17) is 4.74 Å². The van der Waals surface area contributed by atoms with E-state index in [1.807, 2.05) is 18.1 Å². The molecule has 0 aliphatic carbocycles. The van der Waals surface area contributed by atoms with Gasteiger partial charge in [0, 0.05) is 45.3 Å². The van der Waals surface area contributed by atoms with Gasteiger partial charge in [0.25, 0.3) is 0 Å². The Kier molecular flexibility index (Phi) is 5.46. The van der Waals surface area contributed by atoms with Crippen LogP contribution in [0.4, 0.5) is 5.82 Å². The lowest BCUT2D eigenvalue weighted by Crippen LogP contribution is -2.47. The molecule has 1 atom stereocenters. The second-order valence-electron chi connectivity index (χ2n) is 6.29. The first-order valence-electron chi connectivity index (χ1n) is 8.48. The maximum absolute atomic E-state index is 12.6. The van der Waals surface area contributed by atoms with Crippen LogP contribution in [0.15, 0.2) is 18.3 Å². The Hall–Kier alpha value is -1.66. The summed E-state index contributed by atoms with van der Waals surface area (Å²) in [6.07, 6.45) is 4.04. The fourth-order valence-electron chi connectivity index (χ4n) is 3.36. The highest BCUT2D eigenvalue weighted by atomic mass is 16.5. The maximum Gasteiger partial charge on any atom is 0.236 e. The molecule has 6 heteroatoms. The zero-order chi connectivity index (χ0) is 16.1. The monoisotopic (exact) mass is 318 g/mol. The van der Waals surface area contributed by atoms with Crippen LogP contribution in [0.5, 0.6) is 0 Å². The zero-order valence-corrected chi connectivity index (χ0v) is 13.8. The van der Waals surface area contributed by atoms with Crippen LogP contribution >= 0.6 is 0 Å². The van der Waals surface area contributed by atoms with Gasteiger partial charge in [-0.05, 0) is 30.5 Å². The van der Waals surface area contributed by atoms with Crippen molar-refractivity contribution in [2.24, 2.45) is 0 Å². The molecule has 2 aliphatic rings. The Bertz CT molecular complexity index is 531. The molecule has 0 spiro atoms. The Labute approximate surface area is 137 Å². The first-order valence-corrected chi connectivity index (χ1v) is 8.48. The van der Waals surface area contributed by atoms with E-state index in [0.29, 0.717) is 12.5 Å². The van der Waals surface area contributed by atoms with Gasteiger partial charge in [0.1, 0.15) is 5.82 Å². The highest BCUT2D eigenvalue weighted by Gasteiger charge is 2.26. The Morgan fingerprint density at radius 1 is 1.39 bits per heavy atom. The molecule has 2 fully saturated rings.